The molecule has 0 spiro atoms. The molecule has 0 aliphatic rings. The summed E-state index contributed by atoms with van der Waals surface area (Å²) in [6, 6.07) is 8.75. The zero-order valence-corrected chi connectivity index (χ0v) is 10.2. The summed E-state index contributed by atoms with van der Waals surface area (Å²) in [5.41, 5.74) is 0.701. The summed E-state index contributed by atoms with van der Waals surface area (Å²) in [6.45, 7) is 1.80. The maximum Gasteiger partial charge on any atom is 0.219 e. The average Bonchev–Trinajstić information content (AvgIpc) is 2.28. The van der Waals surface area contributed by atoms with Gasteiger partial charge in [-0.15, -0.1) is 0 Å². The van der Waals surface area contributed by atoms with E-state index in [0.29, 0.717) is 17.2 Å². The summed E-state index contributed by atoms with van der Waals surface area (Å²) < 4.78 is 6.45. The maximum absolute atomic E-state index is 9.51. The van der Waals surface area contributed by atoms with Crippen LogP contribution in [0.5, 0.6) is 17.4 Å². The smallest absolute Gasteiger partial charge is 0.219 e. The molecule has 3 nitrogen and oxygen atoms in total. The number of phenols is 1. The monoisotopic (exact) mass is 279 g/mol. The van der Waals surface area contributed by atoms with E-state index in [1.807, 2.05) is 6.07 Å². The molecule has 1 aromatic heterocycles. The quantitative estimate of drug-likeness (QED) is 0.913. The zero-order chi connectivity index (χ0) is 11.5. The molecule has 0 amide bonds. The first-order valence-corrected chi connectivity index (χ1v) is 5.54. The highest BCUT2D eigenvalue weighted by Gasteiger charge is 2.05. The maximum atomic E-state index is 9.51. The van der Waals surface area contributed by atoms with E-state index in [0.717, 1.165) is 4.47 Å². The van der Waals surface area contributed by atoms with Crippen LogP contribution in [-0.2, 0) is 0 Å². The number of ether oxygens (including phenoxy) is 1. The Hall–Kier alpha value is -1.55. The topological polar surface area (TPSA) is 42.4 Å². The van der Waals surface area contributed by atoms with Gasteiger partial charge in [-0.25, -0.2) is 4.98 Å². The molecule has 0 aliphatic heterocycles. The van der Waals surface area contributed by atoms with E-state index < -0.39 is 0 Å². The number of hydrogen-bond donors (Lipinski definition) is 1. The van der Waals surface area contributed by atoms with Crippen LogP contribution in [0.25, 0.3) is 0 Å². The van der Waals surface area contributed by atoms with Gasteiger partial charge in [0.1, 0.15) is 11.5 Å². The molecule has 82 valence electrons. The van der Waals surface area contributed by atoms with Crippen molar-refractivity contribution < 1.29 is 9.84 Å². The highest BCUT2D eigenvalue weighted by atomic mass is 79.9. The SMILES string of the molecule is Cc1c(O)cccc1Oc1ccc(Br)cn1. The lowest BCUT2D eigenvalue weighted by atomic mass is 10.2. The van der Waals surface area contributed by atoms with Crippen molar-refractivity contribution in [2.24, 2.45) is 0 Å². The van der Waals surface area contributed by atoms with Crippen molar-refractivity contribution in [3.63, 3.8) is 0 Å². The second-order valence-corrected chi connectivity index (χ2v) is 4.23. The first kappa shape index (κ1) is 11.0. The molecular weight excluding hydrogens is 270 g/mol. The number of nitrogens with zero attached hydrogens (tertiary/aromatic N) is 1. The molecule has 2 aromatic rings. The van der Waals surface area contributed by atoms with Crippen LogP contribution >= 0.6 is 15.9 Å². The van der Waals surface area contributed by atoms with Gasteiger partial charge in [0.05, 0.1) is 0 Å². The van der Waals surface area contributed by atoms with Gasteiger partial charge in [-0.1, -0.05) is 6.07 Å². The largest absolute Gasteiger partial charge is 0.508 e. The number of hydrogen-bond acceptors (Lipinski definition) is 3. The zero-order valence-electron chi connectivity index (χ0n) is 8.64. The Bertz CT molecular complexity index is 497. The number of halogens is 1. The van der Waals surface area contributed by atoms with E-state index in [-0.39, 0.29) is 5.75 Å². The van der Waals surface area contributed by atoms with E-state index in [9.17, 15) is 5.11 Å². The Kier molecular flexibility index (Phi) is 3.10. The summed E-state index contributed by atoms with van der Waals surface area (Å²) in [4.78, 5) is 4.09. The Morgan fingerprint density at radius 3 is 2.75 bits per heavy atom. The van der Waals surface area contributed by atoms with Crippen molar-refractivity contribution >= 4 is 15.9 Å². The van der Waals surface area contributed by atoms with Gasteiger partial charge in [0.2, 0.25) is 5.88 Å². The summed E-state index contributed by atoms with van der Waals surface area (Å²) >= 11 is 3.30. The Labute approximate surface area is 102 Å². The third-order valence-corrected chi connectivity index (χ3v) is 2.64. The van der Waals surface area contributed by atoms with Crippen LogP contribution in [0.4, 0.5) is 0 Å². The minimum atomic E-state index is 0.217. The van der Waals surface area contributed by atoms with E-state index >= 15 is 0 Å². The van der Waals surface area contributed by atoms with E-state index in [4.69, 9.17) is 4.74 Å². The lowest BCUT2D eigenvalue weighted by Crippen LogP contribution is -1.89. The molecule has 0 unspecified atom stereocenters. The van der Waals surface area contributed by atoms with Crippen LogP contribution in [0.1, 0.15) is 5.56 Å². The van der Waals surface area contributed by atoms with Gasteiger partial charge in [-0.3, -0.25) is 0 Å². The molecule has 0 atom stereocenters. The number of benzene rings is 1. The summed E-state index contributed by atoms with van der Waals surface area (Å²) in [7, 11) is 0. The van der Waals surface area contributed by atoms with Crippen molar-refractivity contribution in [3.05, 3.63) is 46.6 Å². The molecule has 1 heterocycles. The molecule has 16 heavy (non-hydrogen) atoms. The predicted octanol–water partition coefficient (Wildman–Crippen LogP) is 3.65. The van der Waals surface area contributed by atoms with E-state index in [1.165, 1.54) is 0 Å². The van der Waals surface area contributed by atoms with Crippen molar-refractivity contribution in [2.45, 2.75) is 6.92 Å². The molecule has 0 radical (unpaired) electrons. The predicted molar refractivity (Wildman–Crippen MR) is 64.9 cm³/mol. The van der Waals surface area contributed by atoms with Crippen LogP contribution in [0, 0.1) is 6.92 Å². The van der Waals surface area contributed by atoms with Crippen LogP contribution in [0.2, 0.25) is 0 Å². The molecule has 1 N–H and O–H groups in total. The van der Waals surface area contributed by atoms with Crippen molar-refractivity contribution in [1.82, 2.24) is 4.98 Å². The van der Waals surface area contributed by atoms with Gasteiger partial charge in [0, 0.05) is 22.3 Å². The summed E-state index contributed by atoms with van der Waals surface area (Å²) in [6.07, 6.45) is 1.66. The number of rotatable bonds is 2. The van der Waals surface area contributed by atoms with Crippen molar-refractivity contribution in [2.75, 3.05) is 0 Å². The third kappa shape index (κ3) is 2.33. The van der Waals surface area contributed by atoms with Gasteiger partial charge < -0.3 is 9.84 Å². The average molecular weight is 280 g/mol. The number of aromatic nitrogens is 1. The molecule has 0 saturated carbocycles. The fourth-order valence-electron chi connectivity index (χ4n) is 1.25. The first-order valence-electron chi connectivity index (χ1n) is 4.75. The Balaban J connectivity index is 2.27. The van der Waals surface area contributed by atoms with Crippen molar-refractivity contribution in [3.8, 4) is 17.4 Å². The number of phenolic OH excluding ortho intramolecular Hbond substituents is 1. The van der Waals surface area contributed by atoms with Crippen LogP contribution in [0.3, 0.4) is 0 Å². The summed E-state index contributed by atoms with van der Waals surface area (Å²) in [5.74, 6) is 1.32. The van der Waals surface area contributed by atoms with Gasteiger partial charge in [0.25, 0.3) is 0 Å². The van der Waals surface area contributed by atoms with E-state index in [2.05, 4.69) is 20.9 Å². The third-order valence-electron chi connectivity index (χ3n) is 2.17. The molecular formula is C12H10BrNO2. The van der Waals surface area contributed by atoms with Crippen molar-refractivity contribution in [1.29, 1.82) is 0 Å². The summed E-state index contributed by atoms with van der Waals surface area (Å²) in [5, 5.41) is 9.51. The second-order valence-electron chi connectivity index (χ2n) is 3.32. The standard InChI is InChI=1S/C12H10BrNO2/c1-8-10(15)3-2-4-11(8)16-12-6-5-9(13)7-14-12/h2-7,15H,1H3. The highest BCUT2D eigenvalue weighted by molar-refractivity contribution is 9.10. The molecule has 0 bridgehead atoms. The van der Waals surface area contributed by atoms with Gasteiger partial charge in [-0.2, -0.15) is 0 Å². The Morgan fingerprint density at radius 2 is 2.06 bits per heavy atom. The van der Waals surface area contributed by atoms with E-state index in [1.54, 1.807) is 37.4 Å². The number of aromatic hydroxyl groups is 1. The minimum absolute atomic E-state index is 0.217. The normalized spacial score (nSPS) is 10.1. The molecule has 0 fully saturated rings. The second kappa shape index (κ2) is 4.53. The molecule has 0 aliphatic carbocycles. The first-order chi connectivity index (χ1) is 7.66. The number of pyridine rings is 1. The van der Waals surface area contributed by atoms with Crippen LogP contribution in [-0.4, -0.2) is 10.1 Å². The minimum Gasteiger partial charge on any atom is -0.508 e. The van der Waals surface area contributed by atoms with Gasteiger partial charge in [0.15, 0.2) is 0 Å². The van der Waals surface area contributed by atoms with Crippen LogP contribution in [0.15, 0.2) is 41.0 Å². The molecule has 0 saturated heterocycles. The fourth-order valence-corrected chi connectivity index (χ4v) is 1.48. The Morgan fingerprint density at radius 1 is 1.25 bits per heavy atom. The molecule has 4 heteroatoms. The van der Waals surface area contributed by atoms with Gasteiger partial charge in [-0.05, 0) is 41.1 Å². The van der Waals surface area contributed by atoms with Gasteiger partial charge >= 0.3 is 0 Å². The highest BCUT2D eigenvalue weighted by Crippen LogP contribution is 2.29. The lowest BCUT2D eigenvalue weighted by Gasteiger charge is -2.08. The molecule has 1 aromatic carbocycles. The lowest BCUT2D eigenvalue weighted by molar-refractivity contribution is 0.439. The molecule has 2 rings (SSSR count). The van der Waals surface area contributed by atoms with Crippen LogP contribution < -0.4 is 4.74 Å². The fraction of sp³-hybridized carbons (Fsp3) is 0.0833.